The summed E-state index contributed by atoms with van der Waals surface area (Å²) in [4.78, 5) is 38.4. The van der Waals surface area contributed by atoms with Crippen LogP contribution in [0.1, 0.15) is 10.4 Å². The number of ether oxygens (including phenoxy) is 2. The van der Waals surface area contributed by atoms with Crippen LogP contribution in [0.2, 0.25) is 0 Å². The second-order valence-electron chi connectivity index (χ2n) is 6.86. The molecule has 0 aliphatic rings. The summed E-state index contributed by atoms with van der Waals surface area (Å²) in [6.07, 6.45) is 0. The summed E-state index contributed by atoms with van der Waals surface area (Å²) in [7, 11) is 0. The lowest BCUT2D eigenvalue weighted by atomic mass is 10.2. The maximum Gasteiger partial charge on any atom is 0.342 e. The Kier molecular flexibility index (Phi) is 8.30. The van der Waals surface area contributed by atoms with Gasteiger partial charge in [-0.2, -0.15) is 5.26 Å². The van der Waals surface area contributed by atoms with Gasteiger partial charge < -0.3 is 14.8 Å². The van der Waals surface area contributed by atoms with Crippen molar-refractivity contribution in [3.05, 3.63) is 90.2 Å². The molecule has 0 aliphatic carbocycles. The highest BCUT2D eigenvalue weighted by Crippen LogP contribution is 2.20. The quantitative estimate of drug-likeness (QED) is 0.386. The van der Waals surface area contributed by atoms with Crippen LogP contribution >= 0.6 is 0 Å². The number of esters is 1. The van der Waals surface area contributed by atoms with Crippen LogP contribution in [-0.2, 0) is 14.3 Å². The molecule has 0 unspecified atom stereocenters. The second kappa shape index (κ2) is 11.8. The lowest BCUT2D eigenvalue weighted by Gasteiger charge is -2.19. The van der Waals surface area contributed by atoms with Crippen molar-refractivity contribution in [3.8, 4) is 11.8 Å². The highest BCUT2D eigenvalue weighted by Gasteiger charge is 2.20. The predicted octanol–water partition coefficient (Wildman–Crippen LogP) is 3.56. The Hall–Kier alpha value is -4.71. The van der Waals surface area contributed by atoms with Gasteiger partial charge in [-0.1, -0.05) is 42.5 Å². The molecule has 3 aromatic carbocycles. The van der Waals surface area contributed by atoms with E-state index in [-0.39, 0.29) is 23.5 Å². The average Bonchev–Trinajstić information content (AvgIpc) is 2.86. The van der Waals surface area contributed by atoms with Gasteiger partial charge in [0, 0.05) is 5.69 Å². The molecule has 0 saturated carbocycles. The number of benzene rings is 3. The summed E-state index contributed by atoms with van der Waals surface area (Å²) in [6, 6.07) is 22.1. The van der Waals surface area contributed by atoms with Gasteiger partial charge in [0.1, 0.15) is 23.7 Å². The number of hydrogen-bond donors (Lipinski definition) is 1. The molecule has 172 valence electrons. The number of nitrogens with zero attached hydrogens (tertiary/aromatic N) is 2. The highest BCUT2D eigenvalue weighted by atomic mass is 19.1. The number of hydrogen-bond acceptors (Lipinski definition) is 6. The summed E-state index contributed by atoms with van der Waals surface area (Å²) in [5.74, 6) is -2.59. The highest BCUT2D eigenvalue weighted by molar-refractivity contribution is 5.98. The van der Waals surface area contributed by atoms with Gasteiger partial charge in [-0.3, -0.25) is 14.5 Å². The third-order valence-corrected chi connectivity index (χ3v) is 4.54. The minimum absolute atomic E-state index is 0.000496. The smallest absolute Gasteiger partial charge is 0.342 e. The van der Waals surface area contributed by atoms with Crippen molar-refractivity contribution in [2.75, 3.05) is 30.0 Å². The van der Waals surface area contributed by atoms with E-state index in [9.17, 15) is 18.8 Å². The number of carbonyl (C=O) groups is 3. The number of anilines is 2. The number of para-hydroxylation sites is 3. The Morgan fingerprint density at radius 1 is 0.912 bits per heavy atom. The SMILES string of the molecule is N#CCN(C(=O)COC(=O)c1ccccc1OCC(=O)Nc1ccccc1F)c1ccccc1. The molecule has 0 bridgehead atoms. The Balaban J connectivity index is 1.60. The molecule has 0 aromatic heterocycles. The molecule has 8 nitrogen and oxygen atoms in total. The number of rotatable bonds is 9. The topological polar surface area (TPSA) is 109 Å². The summed E-state index contributed by atoms with van der Waals surface area (Å²) < 4.78 is 24.2. The normalized spacial score (nSPS) is 10.0. The lowest BCUT2D eigenvalue weighted by molar-refractivity contribution is -0.121. The van der Waals surface area contributed by atoms with E-state index in [1.807, 2.05) is 6.07 Å². The molecular formula is C25H20FN3O5. The summed E-state index contributed by atoms with van der Waals surface area (Å²) in [5.41, 5.74) is 0.498. The molecule has 0 aliphatic heterocycles. The maximum atomic E-state index is 13.7. The van der Waals surface area contributed by atoms with Crippen molar-refractivity contribution in [2.24, 2.45) is 0 Å². The zero-order valence-corrected chi connectivity index (χ0v) is 17.9. The first-order chi connectivity index (χ1) is 16.5. The van der Waals surface area contributed by atoms with Crippen molar-refractivity contribution in [2.45, 2.75) is 0 Å². The number of carbonyl (C=O) groups excluding carboxylic acids is 3. The minimum atomic E-state index is -0.844. The van der Waals surface area contributed by atoms with Crippen molar-refractivity contribution >= 4 is 29.2 Å². The molecule has 0 atom stereocenters. The molecule has 1 N–H and O–H groups in total. The van der Waals surface area contributed by atoms with Crippen LogP contribution in [0.4, 0.5) is 15.8 Å². The fourth-order valence-electron chi connectivity index (χ4n) is 2.94. The largest absolute Gasteiger partial charge is 0.483 e. The van der Waals surface area contributed by atoms with Crippen molar-refractivity contribution in [1.29, 1.82) is 5.26 Å². The molecule has 3 aromatic rings. The van der Waals surface area contributed by atoms with E-state index >= 15 is 0 Å². The fourth-order valence-corrected chi connectivity index (χ4v) is 2.94. The van der Waals surface area contributed by atoms with Crippen LogP contribution in [0.15, 0.2) is 78.9 Å². The molecule has 3 rings (SSSR count). The molecule has 0 spiro atoms. The predicted molar refractivity (Wildman–Crippen MR) is 122 cm³/mol. The van der Waals surface area contributed by atoms with Crippen LogP contribution in [0.3, 0.4) is 0 Å². The number of amides is 2. The van der Waals surface area contributed by atoms with Gasteiger partial charge >= 0.3 is 5.97 Å². The number of nitrogens with one attached hydrogen (secondary N) is 1. The van der Waals surface area contributed by atoms with E-state index in [0.717, 1.165) is 0 Å². The Morgan fingerprint density at radius 3 is 2.32 bits per heavy atom. The third-order valence-electron chi connectivity index (χ3n) is 4.54. The zero-order chi connectivity index (χ0) is 24.3. The summed E-state index contributed by atoms with van der Waals surface area (Å²) >= 11 is 0. The number of halogens is 1. The average molecular weight is 461 g/mol. The molecule has 0 heterocycles. The van der Waals surface area contributed by atoms with Gasteiger partial charge in [-0.05, 0) is 36.4 Å². The van der Waals surface area contributed by atoms with Gasteiger partial charge in [-0.15, -0.1) is 0 Å². The third kappa shape index (κ3) is 6.40. The first kappa shape index (κ1) is 23.9. The van der Waals surface area contributed by atoms with Crippen LogP contribution in [0.5, 0.6) is 5.75 Å². The van der Waals surface area contributed by atoms with E-state index in [1.54, 1.807) is 48.5 Å². The van der Waals surface area contributed by atoms with Gasteiger partial charge in [0.2, 0.25) is 0 Å². The van der Waals surface area contributed by atoms with E-state index in [1.165, 1.54) is 35.2 Å². The minimum Gasteiger partial charge on any atom is -0.483 e. The first-order valence-electron chi connectivity index (χ1n) is 10.2. The van der Waals surface area contributed by atoms with Crippen molar-refractivity contribution in [1.82, 2.24) is 0 Å². The second-order valence-corrected chi connectivity index (χ2v) is 6.86. The van der Waals surface area contributed by atoms with Crippen LogP contribution < -0.4 is 15.0 Å². The summed E-state index contributed by atoms with van der Waals surface area (Å²) in [5, 5.41) is 11.4. The van der Waals surface area contributed by atoms with Crippen LogP contribution in [0.25, 0.3) is 0 Å². The molecular weight excluding hydrogens is 441 g/mol. The fraction of sp³-hybridized carbons (Fsp3) is 0.120. The molecule has 9 heteroatoms. The maximum absolute atomic E-state index is 13.7. The summed E-state index contributed by atoms with van der Waals surface area (Å²) in [6.45, 7) is -1.30. The monoisotopic (exact) mass is 461 g/mol. The Labute approximate surface area is 195 Å². The van der Waals surface area contributed by atoms with Gasteiger partial charge in [-0.25, -0.2) is 9.18 Å². The van der Waals surface area contributed by atoms with Crippen molar-refractivity contribution < 1.29 is 28.2 Å². The van der Waals surface area contributed by atoms with Crippen LogP contribution in [0, 0.1) is 17.1 Å². The van der Waals surface area contributed by atoms with E-state index in [2.05, 4.69) is 5.32 Å². The number of nitriles is 1. The molecule has 0 radical (unpaired) electrons. The lowest BCUT2D eigenvalue weighted by Crippen LogP contribution is -2.35. The molecule has 2 amide bonds. The Morgan fingerprint density at radius 2 is 1.59 bits per heavy atom. The van der Waals surface area contributed by atoms with Crippen LogP contribution in [-0.4, -0.2) is 37.5 Å². The van der Waals surface area contributed by atoms with Gasteiger partial charge in [0.25, 0.3) is 11.8 Å². The molecule has 0 fully saturated rings. The zero-order valence-electron chi connectivity index (χ0n) is 17.9. The van der Waals surface area contributed by atoms with E-state index in [4.69, 9.17) is 14.7 Å². The van der Waals surface area contributed by atoms with E-state index < -0.39 is 36.8 Å². The molecule has 0 saturated heterocycles. The van der Waals surface area contributed by atoms with Gasteiger partial charge in [0.05, 0.1) is 11.8 Å². The first-order valence-corrected chi connectivity index (χ1v) is 10.2. The van der Waals surface area contributed by atoms with Gasteiger partial charge in [0.15, 0.2) is 13.2 Å². The standard InChI is InChI=1S/C25H20FN3O5/c26-20-11-5-6-12-21(20)28-23(30)16-33-22-13-7-4-10-19(22)25(32)34-17-24(31)29(15-14-27)18-8-2-1-3-9-18/h1-13H,15-17H2,(H,28,30). The van der Waals surface area contributed by atoms with Crippen molar-refractivity contribution in [3.63, 3.8) is 0 Å². The Bertz CT molecular complexity index is 1210. The van der Waals surface area contributed by atoms with E-state index in [0.29, 0.717) is 5.69 Å². The molecule has 34 heavy (non-hydrogen) atoms.